The predicted octanol–water partition coefficient (Wildman–Crippen LogP) is 1.87. The zero-order valence-electron chi connectivity index (χ0n) is 13.2. The molecule has 0 amide bonds. The molecule has 0 N–H and O–H groups in total. The maximum absolute atomic E-state index is 9.25. The van der Waals surface area contributed by atoms with E-state index < -0.39 is 33.2 Å². The van der Waals surface area contributed by atoms with Gasteiger partial charge in [-0.1, -0.05) is 0 Å². The summed E-state index contributed by atoms with van der Waals surface area (Å²) >= 11 is 0. The number of hydrogen-bond donors (Lipinski definition) is 0. The van der Waals surface area contributed by atoms with Gasteiger partial charge in [-0.05, 0) is 27.7 Å². The maximum Gasteiger partial charge on any atom is 0.524 e. The Kier molecular flexibility index (Phi) is 9.16. The van der Waals surface area contributed by atoms with E-state index in [9.17, 15) is 5.26 Å². The molecule has 0 heterocycles. The van der Waals surface area contributed by atoms with Crippen molar-refractivity contribution in [2.75, 3.05) is 21.3 Å². The summed E-state index contributed by atoms with van der Waals surface area (Å²) < 4.78 is 32.6. The Hall–Kier alpha value is -0.533. The molecule has 0 aromatic heterocycles. The van der Waals surface area contributed by atoms with Gasteiger partial charge in [0.05, 0.1) is 6.07 Å². The van der Waals surface area contributed by atoms with Gasteiger partial charge in [0.2, 0.25) is 0 Å². The Balaban J connectivity index is 5.33. The molecule has 0 aliphatic heterocycles. The quantitative estimate of drug-likeness (QED) is 0.450. The number of methoxy groups -OCH3 is 3. The molecule has 0 aromatic rings. The van der Waals surface area contributed by atoms with Gasteiger partial charge in [0.15, 0.2) is 0 Å². The Morgan fingerprint density at radius 3 is 1.25 bits per heavy atom. The summed E-state index contributed by atoms with van der Waals surface area (Å²) in [7, 11) is 1.11. The summed E-state index contributed by atoms with van der Waals surface area (Å²) in [6.07, 6.45) is -1.73. The van der Waals surface area contributed by atoms with Crippen LogP contribution >= 0.6 is 0 Å². The van der Waals surface area contributed by atoms with Crippen LogP contribution in [-0.4, -0.2) is 49.0 Å². The second-order valence-electron chi connectivity index (χ2n) is 4.22. The van der Waals surface area contributed by atoms with E-state index in [4.69, 9.17) is 27.5 Å². The van der Waals surface area contributed by atoms with Crippen LogP contribution in [0.3, 0.4) is 0 Å². The van der Waals surface area contributed by atoms with Crippen LogP contribution < -0.4 is 0 Å². The van der Waals surface area contributed by atoms with Gasteiger partial charge in [-0.2, -0.15) is 5.26 Å². The molecule has 0 aromatic carbocycles. The molecule has 0 bridgehead atoms. The van der Waals surface area contributed by atoms with Gasteiger partial charge in [-0.15, -0.1) is 0 Å². The highest BCUT2D eigenvalue weighted by Crippen LogP contribution is 2.29. The van der Waals surface area contributed by atoms with Crippen molar-refractivity contribution in [3.63, 3.8) is 0 Å². The molecular formula is C12H25NO6Si. The van der Waals surface area contributed by atoms with Gasteiger partial charge < -0.3 is 27.5 Å². The fourth-order valence-electron chi connectivity index (χ4n) is 1.31. The highest BCUT2D eigenvalue weighted by atomic mass is 28.4. The molecule has 0 fully saturated rings. The average Bonchev–Trinajstić information content (AvgIpc) is 2.45. The van der Waals surface area contributed by atoms with Crippen LogP contribution in [0.25, 0.3) is 0 Å². The zero-order valence-corrected chi connectivity index (χ0v) is 14.2. The minimum atomic E-state index is -3.39. The fourth-order valence-corrected chi connectivity index (χ4v) is 3.92. The highest BCUT2D eigenvalue weighted by molar-refractivity contribution is 6.63. The molecule has 7 nitrogen and oxygen atoms in total. The van der Waals surface area contributed by atoms with E-state index in [0.29, 0.717) is 0 Å². The molecule has 0 radical (unpaired) electrons. The standard InChI is InChI=1S/C12H25NO6Si/c1-9(8-13)20(17-10(2)14-5,18-11(3)15-6)19-12(4)16-7/h9-12H,1-7H3. The van der Waals surface area contributed by atoms with Crippen molar-refractivity contribution in [1.29, 1.82) is 5.26 Å². The van der Waals surface area contributed by atoms with Crippen LogP contribution in [0.4, 0.5) is 0 Å². The molecular weight excluding hydrogens is 282 g/mol. The number of rotatable bonds is 10. The topological polar surface area (TPSA) is 79.2 Å². The molecule has 0 spiro atoms. The lowest BCUT2D eigenvalue weighted by atomic mass is 10.5. The first-order valence-electron chi connectivity index (χ1n) is 6.36. The van der Waals surface area contributed by atoms with E-state index in [1.54, 1.807) is 27.7 Å². The van der Waals surface area contributed by atoms with Crippen LogP contribution in [0.5, 0.6) is 0 Å². The van der Waals surface area contributed by atoms with Crippen molar-refractivity contribution >= 4 is 8.80 Å². The summed E-state index contributed by atoms with van der Waals surface area (Å²) in [5.74, 6) is 0. The third kappa shape index (κ3) is 5.84. The van der Waals surface area contributed by atoms with Crippen molar-refractivity contribution in [3.8, 4) is 6.07 Å². The molecule has 4 unspecified atom stereocenters. The third-order valence-corrected chi connectivity index (χ3v) is 5.88. The Labute approximate surface area is 122 Å². The van der Waals surface area contributed by atoms with Gasteiger partial charge in [-0.25, -0.2) is 0 Å². The van der Waals surface area contributed by atoms with Gasteiger partial charge in [0, 0.05) is 21.3 Å². The van der Waals surface area contributed by atoms with E-state index in [2.05, 4.69) is 6.07 Å². The van der Waals surface area contributed by atoms with Gasteiger partial charge in [-0.3, -0.25) is 0 Å². The Morgan fingerprint density at radius 2 is 1.05 bits per heavy atom. The lowest BCUT2D eigenvalue weighted by Gasteiger charge is -2.36. The van der Waals surface area contributed by atoms with E-state index in [1.807, 2.05) is 0 Å². The lowest BCUT2D eigenvalue weighted by molar-refractivity contribution is -0.164. The molecule has 0 saturated heterocycles. The SMILES string of the molecule is COC(C)O[Si](OC(C)OC)(OC(C)OC)C(C)C#N. The van der Waals surface area contributed by atoms with E-state index >= 15 is 0 Å². The normalized spacial score (nSPS) is 20.5. The van der Waals surface area contributed by atoms with Gasteiger partial charge in [0.1, 0.15) is 24.4 Å². The van der Waals surface area contributed by atoms with Crippen LogP contribution in [0.1, 0.15) is 27.7 Å². The summed E-state index contributed by atoms with van der Waals surface area (Å²) in [6, 6.07) is 2.11. The maximum atomic E-state index is 9.25. The number of nitriles is 1. The van der Waals surface area contributed by atoms with Crippen LogP contribution in [0.15, 0.2) is 0 Å². The van der Waals surface area contributed by atoms with Crippen molar-refractivity contribution < 1.29 is 27.5 Å². The van der Waals surface area contributed by atoms with Crippen LogP contribution in [0.2, 0.25) is 5.54 Å². The third-order valence-electron chi connectivity index (χ3n) is 2.71. The fraction of sp³-hybridized carbons (Fsp3) is 0.917. The van der Waals surface area contributed by atoms with Crippen molar-refractivity contribution in [3.05, 3.63) is 0 Å². The molecule has 0 saturated carbocycles. The second kappa shape index (κ2) is 9.41. The Morgan fingerprint density at radius 1 is 0.750 bits per heavy atom. The first-order valence-corrected chi connectivity index (χ1v) is 8.16. The molecule has 0 rings (SSSR count). The first-order chi connectivity index (χ1) is 9.34. The lowest BCUT2D eigenvalue weighted by Crippen LogP contribution is -2.55. The predicted molar refractivity (Wildman–Crippen MR) is 73.5 cm³/mol. The minimum absolute atomic E-state index is 0.578. The highest BCUT2D eigenvalue weighted by Gasteiger charge is 2.52. The van der Waals surface area contributed by atoms with Gasteiger partial charge >= 0.3 is 8.80 Å². The molecule has 118 valence electrons. The smallest absolute Gasteiger partial charge is 0.357 e. The molecule has 0 aliphatic rings. The monoisotopic (exact) mass is 307 g/mol. The Bertz CT molecular complexity index is 280. The van der Waals surface area contributed by atoms with E-state index in [-0.39, 0.29) is 0 Å². The summed E-state index contributed by atoms with van der Waals surface area (Å²) in [5.41, 5.74) is -0.602. The number of nitrogens with zero attached hydrogens (tertiary/aromatic N) is 1. The van der Waals surface area contributed by atoms with Crippen molar-refractivity contribution in [1.82, 2.24) is 0 Å². The first kappa shape index (κ1) is 19.5. The van der Waals surface area contributed by atoms with E-state index in [1.165, 1.54) is 21.3 Å². The molecule has 20 heavy (non-hydrogen) atoms. The number of hydrogen-bond acceptors (Lipinski definition) is 7. The van der Waals surface area contributed by atoms with Gasteiger partial charge in [0.25, 0.3) is 0 Å². The van der Waals surface area contributed by atoms with Crippen LogP contribution in [0, 0.1) is 11.3 Å². The number of ether oxygens (including phenoxy) is 3. The van der Waals surface area contributed by atoms with Crippen LogP contribution in [-0.2, 0) is 27.5 Å². The summed E-state index contributed by atoms with van der Waals surface area (Å²) in [5, 5.41) is 9.25. The minimum Gasteiger partial charge on any atom is -0.357 e. The molecule has 8 heteroatoms. The van der Waals surface area contributed by atoms with E-state index in [0.717, 1.165) is 0 Å². The average molecular weight is 307 g/mol. The molecule has 0 aliphatic carbocycles. The van der Waals surface area contributed by atoms with Crippen molar-refractivity contribution in [2.24, 2.45) is 0 Å². The summed E-state index contributed by atoms with van der Waals surface area (Å²) in [4.78, 5) is 0. The van der Waals surface area contributed by atoms with Crippen molar-refractivity contribution in [2.45, 2.75) is 52.1 Å². The summed E-state index contributed by atoms with van der Waals surface area (Å²) in [6.45, 7) is 6.79. The molecule has 4 atom stereocenters. The second-order valence-corrected chi connectivity index (χ2v) is 7.00. The largest absolute Gasteiger partial charge is 0.524 e. The zero-order chi connectivity index (χ0) is 15.8.